The summed E-state index contributed by atoms with van der Waals surface area (Å²) in [4.78, 5) is 12.3. The Morgan fingerprint density at radius 1 is 1.28 bits per heavy atom. The molecule has 1 N–H and O–H groups in total. The number of amides is 1. The quantitative estimate of drug-likeness (QED) is 0.821. The van der Waals surface area contributed by atoms with Crippen molar-refractivity contribution in [3.8, 4) is 0 Å². The van der Waals surface area contributed by atoms with Crippen LogP contribution in [0.2, 0.25) is 0 Å². The van der Waals surface area contributed by atoms with Gasteiger partial charge in [-0.05, 0) is 30.5 Å². The van der Waals surface area contributed by atoms with Crippen LogP contribution in [0, 0.1) is 5.41 Å². The molecule has 2 nitrogen and oxygen atoms in total. The lowest BCUT2D eigenvalue weighted by atomic mass is 9.95. The molecule has 1 rings (SSSR count). The molecule has 1 unspecified atom stereocenters. The molecule has 1 aromatic carbocycles. The van der Waals surface area contributed by atoms with E-state index < -0.39 is 0 Å². The first-order chi connectivity index (χ1) is 8.32. The van der Waals surface area contributed by atoms with Crippen LogP contribution < -0.4 is 5.32 Å². The Morgan fingerprint density at radius 2 is 1.83 bits per heavy atom. The van der Waals surface area contributed by atoms with E-state index in [0.29, 0.717) is 4.83 Å². The molecular weight excluding hydrogens is 290 g/mol. The molecule has 1 aromatic rings. The lowest BCUT2D eigenvalue weighted by Gasteiger charge is -2.17. The van der Waals surface area contributed by atoms with Crippen LogP contribution in [0.4, 0.5) is 5.69 Å². The molecule has 0 heterocycles. The maximum Gasteiger partial charge on any atom is 0.229 e. The zero-order valence-electron chi connectivity index (χ0n) is 11.6. The van der Waals surface area contributed by atoms with Gasteiger partial charge in [-0.1, -0.05) is 55.8 Å². The largest absolute Gasteiger partial charge is 0.326 e. The molecule has 0 aliphatic rings. The highest BCUT2D eigenvalue weighted by atomic mass is 79.9. The fourth-order valence-corrected chi connectivity index (χ4v) is 1.82. The normalized spacial score (nSPS) is 13.2. The zero-order chi connectivity index (χ0) is 13.8. The maximum absolute atomic E-state index is 11.8. The van der Waals surface area contributed by atoms with Gasteiger partial charge < -0.3 is 5.32 Å². The standard InChI is InChI=1S/C15H22BrNO/c1-5-12(16)10-11-6-8-13(9-7-11)17-14(18)15(2,3)4/h6-9,12H,5,10H2,1-4H3,(H,17,18). The summed E-state index contributed by atoms with van der Waals surface area (Å²) in [7, 11) is 0. The summed E-state index contributed by atoms with van der Waals surface area (Å²) in [6, 6.07) is 8.08. The maximum atomic E-state index is 11.8. The third kappa shape index (κ3) is 4.81. The van der Waals surface area contributed by atoms with Gasteiger partial charge in [0.1, 0.15) is 0 Å². The monoisotopic (exact) mass is 311 g/mol. The molecule has 0 saturated heterocycles. The summed E-state index contributed by atoms with van der Waals surface area (Å²) in [5.41, 5.74) is 1.79. The van der Waals surface area contributed by atoms with E-state index in [1.807, 2.05) is 32.9 Å². The number of carbonyl (C=O) groups is 1. The number of hydrogen-bond acceptors (Lipinski definition) is 1. The highest BCUT2D eigenvalue weighted by Crippen LogP contribution is 2.19. The lowest BCUT2D eigenvalue weighted by Crippen LogP contribution is -2.27. The Kier molecular flexibility index (Phi) is 5.39. The number of anilines is 1. The highest BCUT2D eigenvalue weighted by Gasteiger charge is 2.20. The molecule has 0 bridgehead atoms. The van der Waals surface area contributed by atoms with Crippen molar-refractivity contribution >= 4 is 27.5 Å². The van der Waals surface area contributed by atoms with E-state index >= 15 is 0 Å². The van der Waals surface area contributed by atoms with Crippen molar-refractivity contribution in [1.82, 2.24) is 0 Å². The number of nitrogens with one attached hydrogen (secondary N) is 1. The van der Waals surface area contributed by atoms with Crippen LogP contribution in [-0.2, 0) is 11.2 Å². The number of hydrogen-bond donors (Lipinski definition) is 1. The first kappa shape index (κ1) is 15.2. The Labute approximate surface area is 118 Å². The van der Waals surface area contributed by atoms with Crippen molar-refractivity contribution in [3.05, 3.63) is 29.8 Å². The lowest BCUT2D eigenvalue weighted by molar-refractivity contribution is -0.123. The fourth-order valence-electron chi connectivity index (χ4n) is 1.44. The minimum Gasteiger partial charge on any atom is -0.326 e. The van der Waals surface area contributed by atoms with Crippen molar-refractivity contribution in [2.24, 2.45) is 5.41 Å². The van der Waals surface area contributed by atoms with Gasteiger partial charge in [-0.3, -0.25) is 4.79 Å². The minimum atomic E-state index is -0.359. The van der Waals surface area contributed by atoms with Crippen molar-refractivity contribution < 1.29 is 4.79 Å². The van der Waals surface area contributed by atoms with E-state index in [0.717, 1.165) is 18.5 Å². The molecule has 18 heavy (non-hydrogen) atoms. The van der Waals surface area contributed by atoms with Gasteiger partial charge in [-0.15, -0.1) is 0 Å². The summed E-state index contributed by atoms with van der Waals surface area (Å²) in [5.74, 6) is 0.0437. The van der Waals surface area contributed by atoms with Gasteiger partial charge >= 0.3 is 0 Å². The average Bonchev–Trinajstić information content (AvgIpc) is 2.30. The van der Waals surface area contributed by atoms with Gasteiger partial charge in [0.15, 0.2) is 0 Å². The Bertz CT molecular complexity index is 392. The van der Waals surface area contributed by atoms with Crippen molar-refractivity contribution in [3.63, 3.8) is 0 Å². The number of rotatable bonds is 4. The van der Waals surface area contributed by atoms with E-state index in [9.17, 15) is 4.79 Å². The molecular formula is C15H22BrNO. The van der Waals surface area contributed by atoms with Crippen LogP contribution in [0.25, 0.3) is 0 Å². The van der Waals surface area contributed by atoms with E-state index in [2.05, 4.69) is 40.3 Å². The SMILES string of the molecule is CCC(Br)Cc1ccc(NC(=O)C(C)(C)C)cc1. The molecule has 0 radical (unpaired) electrons. The van der Waals surface area contributed by atoms with Gasteiger partial charge in [-0.25, -0.2) is 0 Å². The Hall–Kier alpha value is -0.830. The molecule has 0 fully saturated rings. The molecule has 1 atom stereocenters. The van der Waals surface area contributed by atoms with Gasteiger partial charge in [0.25, 0.3) is 0 Å². The van der Waals surface area contributed by atoms with Crippen molar-refractivity contribution in [2.75, 3.05) is 5.32 Å². The molecule has 0 aliphatic carbocycles. The number of benzene rings is 1. The van der Waals surface area contributed by atoms with Gasteiger partial charge in [0, 0.05) is 15.9 Å². The molecule has 0 spiro atoms. The molecule has 0 aromatic heterocycles. The smallest absolute Gasteiger partial charge is 0.229 e. The van der Waals surface area contributed by atoms with Crippen LogP contribution in [0.5, 0.6) is 0 Å². The van der Waals surface area contributed by atoms with E-state index in [4.69, 9.17) is 0 Å². The minimum absolute atomic E-state index is 0.0437. The van der Waals surface area contributed by atoms with Crippen LogP contribution in [0.1, 0.15) is 39.7 Å². The number of carbonyl (C=O) groups excluding carboxylic acids is 1. The first-order valence-electron chi connectivity index (χ1n) is 6.37. The van der Waals surface area contributed by atoms with E-state index in [1.54, 1.807) is 0 Å². The predicted octanol–water partition coefficient (Wildman–Crippen LogP) is 4.39. The van der Waals surface area contributed by atoms with E-state index in [1.165, 1.54) is 5.56 Å². The second-order valence-corrected chi connectivity index (χ2v) is 6.91. The van der Waals surface area contributed by atoms with Crippen LogP contribution in [0.3, 0.4) is 0 Å². The predicted molar refractivity (Wildman–Crippen MR) is 81.2 cm³/mol. The second kappa shape index (κ2) is 6.37. The average molecular weight is 312 g/mol. The van der Waals surface area contributed by atoms with E-state index in [-0.39, 0.29) is 11.3 Å². The topological polar surface area (TPSA) is 29.1 Å². The second-order valence-electron chi connectivity index (χ2n) is 5.61. The zero-order valence-corrected chi connectivity index (χ0v) is 13.2. The molecule has 3 heteroatoms. The fraction of sp³-hybridized carbons (Fsp3) is 0.533. The summed E-state index contributed by atoms with van der Waals surface area (Å²) < 4.78 is 0. The third-order valence-electron chi connectivity index (χ3n) is 2.79. The van der Waals surface area contributed by atoms with Crippen molar-refractivity contribution in [1.29, 1.82) is 0 Å². The molecule has 100 valence electrons. The van der Waals surface area contributed by atoms with Crippen molar-refractivity contribution in [2.45, 2.75) is 45.4 Å². The highest BCUT2D eigenvalue weighted by molar-refractivity contribution is 9.09. The van der Waals surface area contributed by atoms with Gasteiger partial charge in [0.05, 0.1) is 0 Å². The molecule has 1 amide bonds. The number of halogens is 1. The first-order valence-corrected chi connectivity index (χ1v) is 7.29. The summed E-state index contributed by atoms with van der Waals surface area (Å²) in [6.45, 7) is 7.89. The van der Waals surface area contributed by atoms with Gasteiger partial charge in [0.2, 0.25) is 5.91 Å². The van der Waals surface area contributed by atoms with Crippen LogP contribution >= 0.6 is 15.9 Å². The molecule has 0 aliphatic heterocycles. The van der Waals surface area contributed by atoms with Crippen LogP contribution in [0.15, 0.2) is 24.3 Å². The Balaban J connectivity index is 2.63. The van der Waals surface area contributed by atoms with Gasteiger partial charge in [-0.2, -0.15) is 0 Å². The summed E-state index contributed by atoms with van der Waals surface area (Å²) in [5, 5.41) is 2.93. The third-order valence-corrected chi connectivity index (χ3v) is 3.76. The summed E-state index contributed by atoms with van der Waals surface area (Å²) >= 11 is 3.63. The molecule has 0 saturated carbocycles. The Morgan fingerprint density at radius 3 is 2.28 bits per heavy atom. The number of alkyl halides is 1. The summed E-state index contributed by atoms with van der Waals surface area (Å²) in [6.07, 6.45) is 2.13. The van der Waals surface area contributed by atoms with Crippen LogP contribution in [-0.4, -0.2) is 10.7 Å².